The average molecular weight is 352 g/mol. The van der Waals surface area contributed by atoms with Crippen molar-refractivity contribution < 1.29 is 18.7 Å². The fraction of sp³-hybridized carbons (Fsp3) is 0.100. The number of aromatic nitrogens is 1. The van der Waals surface area contributed by atoms with Crippen LogP contribution in [-0.4, -0.2) is 11.1 Å². The molecule has 6 heteroatoms. The molecule has 5 nitrogen and oxygen atoms in total. The van der Waals surface area contributed by atoms with E-state index < -0.39 is 11.9 Å². The number of anilines is 1. The topological polar surface area (TPSA) is 60.5 Å². The number of ether oxygens (including phenoxy) is 2. The highest BCUT2D eigenvalue weighted by atomic mass is 19.1. The molecule has 26 heavy (non-hydrogen) atoms. The SMILES string of the molecule is Cc1cc(Oc2ccc(NC(=O)OCc3ccccc3)c(F)c2)ccn1. The molecule has 0 radical (unpaired) electrons. The molecule has 0 aliphatic heterocycles. The number of hydrogen-bond acceptors (Lipinski definition) is 4. The second kappa shape index (κ2) is 8.11. The van der Waals surface area contributed by atoms with Crippen molar-refractivity contribution in [3.8, 4) is 11.5 Å². The summed E-state index contributed by atoms with van der Waals surface area (Å²) in [6.45, 7) is 1.94. The zero-order chi connectivity index (χ0) is 18.4. The van der Waals surface area contributed by atoms with E-state index in [2.05, 4.69) is 10.3 Å². The van der Waals surface area contributed by atoms with Crippen LogP contribution in [-0.2, 0) is 11.3 Å². The van der Waals surface area contributed by atoms with Crippen molar-refractivity contribution in [2.24, 2.45) is 0 Å². The van der Waals surface area contributed by atoms with Gasteiger partial charge in [0.25, 0.3) is 0 Å². The van der Waals surface area contributed by atoms with Crippen LogP contribution in [0.2, 0.25) is 0 Å². The van der Waals surface area contributed by atoms with E-state index >= 15 is 0 Å². The van der Waals surface area contributed by atoms with Gasteiger partial charge in [-0.05, 0) is 30.7 Å². The van der Waals surface area contributed by atoms with E-state index in [4.69, 9.17) is 9.47 Å². The Hall–Kier alpha value is -3.41. The van der Waals surface area contributed by atoms with Crippen molar-refractivity contribution >= 4 is 11.8 Å². The smallest absolute Gasteiger partial charge is 0.412 e. The molecule has 0 bridgehead atoms. The summed E-state index contributed by atoms with van der Waals surface area (Å²) in [5, 5.41) is 2.38. The molecule has 0 aliphatic carbocycles. The number of rotatable bonds is 5. The summed E-state index contributed by atoms with van der Waals surface area (Å²) in [6, 6.07) is 16.8. The number of benzene rings is 2. The lowest BCUT2D eigenvalue weighted by molar-refractivity contribution is 0.155. The number of carbonyl (C=O) groups is 1. The van der Waals surface area contributed by atoms with Crippen LogP contribution >= 0.6 is 0 Å². The molecular weight excluding hydrogens is 335 g/mol. The molecule has 0 saturated heterocycles. The van der Waals surface area contributed by atoms with E-state index in [-0.39, 0.29) is 12.3 Å². The van der Waals surface area contributed by atoms with Gasteiger partial charge in [-0.2, -0.15) is 0 Å². The minimum Gasteiger partial charge on any atom is -0.457 e. The molecule has 1 amide bonds. The van der Waals surface area contributed by atoms with Crippen LogP contribution in [0, 0.1) is 12.7 Å². The van der Waals surface area contributed by atoms with E-state index in [1.54, 1.807) is 24.4 Å². The molecule has 1 heterocycles. The van der Waals surface area contributed by atoms with Crippen LogP contribution in [0.3, 0.4) is 0 Å². The van der Waals surface area contributed by atoms with Crippen LogP contribution in [0.25, 0.3) is 0 Å². The fourth-order valence-corrected chi connectivity index (χ4v) is 2.25. The number of pyridine rings is 1. The highest BCUT2D eigenvalue weighted by molar-refractivity contribution is 5.84. The summed E-state index contributed by atoms with van der Waals surface area (Å²) < 4.78 is 24.8. The second-order valence-electron chi connectivity index (χ2n) is 5.56. The lowest BCUT2D eigenvalue weighted by Gasteiger charge is -2.10. The normalized spacial score (nSPS) is 10.2. The van der Waals surface area contributed by atoms with Gasteiger partial charge < -0.3 is 9.47 Å². The van der Waals surface area contributed by atoms with Gasteiger partial charge in [0.15, 0.2) is 5.82 Å². The Morgan fingerprint density at radius 1 is 1.08 bits per heavy atom. The molecule has 1 aromatic heterocycles. The van der Waals surface area contributed by atoms with Crippen molar-refractivity contribution in [2.75, 3.05) is 5.32 Å². The van der Waals surface area contributed by atoms with E-state index in [1.807, 2.05) is 37.3 Å². The zero-order valence-electron chi connectivity index (χ0n) is 14.1. The molecule has 0 unspecified atom stereocenters. The molecular formula is C20H17FN2O3. The molecule has 0 fully saturated rings. The molecule has 3 rings (SSSR count). The molecule has 0 saturated carbocycles. The third-order valence-electron chi connectivity index (χ3n) is 3.49. The van der Waals surface area contributed by atoms with E-state index in [0.717, 1.165) is 11.3 Å². The van der Waals surface area contributed by atoms with Gasteiger partial charge in [0.05, 0.1) is 5.69 Å². The van der Waals surface area contributed by atoms with Crippen molar-refractivity contribution in [3.05, 3.63) is 83.9 Å². The summed E-state index contributed by atoms with van der Waals surface area (Å²) in [6.07, 6.45) is 0.880. The second-order valence-corrected chi connectivity index (χ2v) is 5.56. The Morgan fingerprint density at radius 2 is 1.85 bits per heavy atom. The van der Waals surface area contributed by atoms with Crippen molar-refractivity contribution in [1.82, 2.24) is 4.98 Å². The van der Waals surface area contributed by atoms with Crippen molar-refractivity contribution in [1.29, 1.82) is 0 Å². The number of carbonyl (C=O) groups excluding carboxylic acids is 1. The summed E-state index contributed by atoms with van der Waals surface area (Å²) in [5.74, 6) is 0.251. The number of halogens is 1. The third-order valence-corrected chi connectivity index (χ3v) is 3.49. The lowest BCUT2D eigenvalue weighted by atomic mass is 10.2. The third kappa shape index (κ3) is 4.80. The molecule has 132 valence electrons. The minimum absolute atomic E-state index is 0.0151. The highest BCUT2D eigenvalue weighted by Gasteiger charge is 2.10. The summed E-state index contributed by atoms with van der Waals surface area (Å²) in [4.78, 5) is 15.9. The van der Waals surface area contributed by atoms with Crippen LogP contribution in [0.4, 0.5) is 14.9 Å². The Balaban J connectivity index is 1.59. The zero-order valence-corrected chi connectivity index (χ0v) is 14.1. The van der Waals surface area contributed by atoms with E-state index in [1.165, 1.54) is 12.1 Å². The maximum atomic E-state index is 14.2. The molecule has 2 aromatic carbocycles. The Kier molecular flexibility index (Phi) is 5.43. The molecule has 1 N–H and O–H groups in total. The van der Waals surface area contributed by atoms with Crippen molar-refractivity contribution in [3.63, 3.8) is 0 Å². The quantitative estimate of drug-likeness (QED) is 0.696. The Bertz CT molecular complexity index is 901. The number of amides is 1. The average Bonchev–Trinajstić information content (AvgIpc) is 2.63. The molecule has 0 atom stereocenters. The van der Waals surface area contributed by atoms with Crippen LogP contribution < -0.4 is 10.1 Å². The minimum atomic E-state index is -0.730. The number of aryl methyl sites for hydroxylation is 1. The van der Waals surface area contributed by atoms with Crippen LogP contribution in [0.1, 0.15) is 11.3 Å². The first-order valence-electron chi connectivity index (χ1n) is 7.98. The number of nitrogens with one attached hydrogen (secondary N) is 1. The van der Waals surface area contributed by atoms with Gasteiger partial charge in [-0.25, -0.2) is 9.18 Å². The highest BCUT2D eigenvalue weighted by Crippen LogP contribution is 2.25. The number of nitrogens with zero attached hydrogens (tertiary/aromatic N) is 1. The van der Waals surface area contributed by atoms with E-state index in [9.17, 15) is 9.18 Å². The van der Waals surface area contributed by atoms with Gasteiger partial charge in [-0.15, -0.1) is 0 Å². The predicted molar refractivity (Wildman–Crippen MR) is 95.7 cm³/mol. The first-order chi connectivity index (χ1) is 12.6. The molecule has 3 aromatic rings. The van der Waals surface area contributed by atoms with Gasteiger partial charge in [0, 0.05) is 24.0 Å². The summed E-state index contributed by atoms with van der Waals surface area (Å²) >= 11 is 0. The first kappa shape index (κ1) is 17.4. The van der Waals surface area contributed by atoms with E-state index in [0.29, 0.717) is 11.5 Å². The van der Waals surface area contributed by atoms with Gasteiger partial charge in [0.1, 0.15) is 18.1 Å². The lowest BCUT2D eigenvalue weighted by Crippen LogP contribution is -2.14. The predicted octanol–water partition coefficient (Wildman–Crippen LogP) is 5.07. The van der Waals surface area contributed by atoms with Gasteiger partial charge in [-0.1, -0.05) is 30.3 Å². The summed E-state index contributed by atoms with van der Waals surface area (Å²) in [5.41, 5.74) is 1.66. The largest absolute Gasteiger partial charge is 0.457 e. The first-order valence-corrected chi connectivity index (χ1v) is 7.98. The Labute approximate surface area is 150 Å². The number of hydrogen-bond donors (Lipinski definition) is 1. The van der Waals surface area contributed by atoms with Gasteiger partial charge in [0.2, 0.25) is 0 Å². The fourth-order valence-electron chi connectivity index (χ4n) is 2.25. The van der Waals surface area contributed by atoms with Crippen LogP contribution in [0.5, 0.6) is 11.5 Å². The Morgan fingerprint density at radius 3 is 2.58 bits per heavy atom. The standard InChI is InChI=1S/C20H17FN2O3/c1-14-11-17(9-10-22-14)26-16-7-8-19(18(21)12-16)23-20(24)25-13-15-5-3-2-4-6-15/h2-12H,13H2,1H3,(H,23,24). The monoisotopic (exact) mass is 352 g/mol. The van der Waals surface area contributed by atoms with Gasteiger partial charge >= 0.3 is 6.09 Å². The molecule has 0 aliphatic rings. The maximum absolute atomic E-state index is 14.2. The maximum Gasteiger partial charge on any atom is 0.412 e. The molecule has 0 spiro atoms. The summed E-state index contributed by atoms with van der Waals surface area (Å²) in [7, 11) is 0. The van der Waals surface area contributed by atoms with Crippen LogP contribution in [0.15, 0.2) is 66.9 Å². The van der Waals surface area contributed by atoms with Crippen molar-refractivity contribution in [2.45, 2.75) is 13.5 Å². The van der Waals surface area contributed by atoms with Gasteiger partial charge in [-0.3, -0.25) is 10.3 Å².